The van der Waals surface area contributed by atoms with E-state index in [0.29, 0.717) is 23.6 Å². The lowest BCUT2D eigenvalue weighted by Crippen LogP contribution is -2.29. The van der Waals surface area contributed by atoms with Gasteiger partial charge in [-0.15, -0.1) is 0 Å². The first kappa shape index (κ1) is 18.8. The first-order valence-corrected chi connectivity index (χ1v) is 9.73. The van der Waals surface area contributed by atoms with E-state index in [1.165, 1.54) is 5.56 Å². The van der Waals surface area contributed by atoms with E-state index in [1.54, 1.807) is 13.2 Å². The molecule has 29 heavy (non-hydrogen) atoms. The highest BCUT2D eigenvalue weighted by Crippen LogP contribution is 2.32. The van der Waals surface area contributed by atoms with Crippen LogP contribution >= 0.6 is 0 Å². The lowest BCUT2D eigenvalue weighted by atomic mass is 9.95. The van der Waals surface area contributed by atoms with Crippen LogP contribution in [0.3, 0.4) is 0 Å². The van der Waals surface area contributed by atoms with Crippen LogP contribution in [0.4, 0.5) is 0 Å². The van der Waals surface area contributed by atoms with Crippen molar-refractivity contribution in [1.29, 1.82) is 5.26 Å². The third-order valence-electron chi connectivity index (χ3n) is 5.56. The number of nitrogens with zero attached hydrogens (tertiary/aromatic N) is 2. The molecule has 1 aliphatic heterocycles. The summed E-state index contributed by atoms with van der Waals surface area (Å²) in [5.74, 6) is 1.18. The van der Waals surface area contributed by atoms with Gasteiger partial charge in [0.1, 0.15) is 5.75 Å². The molecule has 0 bridgehead atoms. The Morgan fingerprint density at radius 2 is 1.69 bits per heavy atom. The molecule has 0 saturated carbocycles. The van der Waals surface area contributed by atoms with Crippen molar-refractivity contribution in [3.05, 3.63) is 89.5 Å². The molecule has 1 unspecified atom stereocenters. The Labute approximate surface area is 171 Å². The molecule has 0 aromatic heterocycles. The number of carbonyl (C=O) groups is 1. The lowest BCUT2D eigenvalue weighted by Gasteiger charge is -2.19. The zero-order valence-electron chi connectivity index (χ0n) is 16.3. The van der Waals surface area contributed by atoms with Crippen LogP contribution in [0.2, 0.25) is 0 Å². The summed E-state index contributed by atoms with van der Waals surface area (Å²) in [7, 11) is 1.66. The quantitative estimate of drug-likeness (QED) is 0.647. The molecule has 1 atom stereocenters. The number of rotatable bonds is 4. The fourth-order valence-corrected chi connectivity index (χ4v) is 3.98. The number of ether oxygens (including phenoxy) is 1. The maximum atomic E-state index is 13.3. The largest absolute Gasteiger partial charge is 0.497 e. The molecule has 1 fully saturated rings. The van der Waals surface area contributed by atoms with Gasteiger partial charge in [-0.3, -0.25) is 4.79 Å². The van der Waals surface area contributed by atoms with Crippen LogP contribution in [-0.4, -0.2) is 31.0 Å². The van der Waals surface area contributed by atoms with Crippen molar-refractivity contribution in [2.24, 2.45) is 0 Å². The molecule has 1 aliphatic rings. The number of carbonyl (C=O) groups excluding carboxylic acids is 1. The van der Waals surface area contributed by atoms with Crippen molar-refractivity contribution in [2.75, 3.05) is 20.2 Å². The van der Waals surface area contributed by atoms with Crippen LogP contribution < -0.4 is 4.74 Å². The number of methoxy groups -OCH3 is 1. The van der Waals surface area contributed by atoms with Gasteiger partial charge in [0.05, 0.1) is 18.7 Å². The molecule has 0 spiro atoms. The lowest BCUT2D eigenvalue weighted by molar-refractivity contribution is 0.0791. The molecule has 4 heteroatoms. The second-order valence-electron chi connectivity index (χ2n) is 7.21. The first-order chi connectivity index (χ1) is 14.2. The van der Waals surface area contributed by atoms with Crippen molar-refractivity contribution in [1.82, 2.24) is 4.90 Å². The van der Waals surface area contributed by atoms with Gasteiger partial charge < -0.3 is 9.64 Å². The molecule has 4 nitrogen and oxygen atoms in total. The highest BCUT2D eigenvalue weighted by molar-refractivity contribution is 6.01. The predicted molar refractivity (Wildman–Crippen MR) is 113 cm³/mol. The number of hydrogen-bond acceptors (Lipinski definition) is 3. The maximum absolute atomic E-state index is 13.3. The van der Waals surface area contributed by atoms with Gasteiger partial charge in [-0.2, -0.15) is 5.26 Å². The Hall–Kier alpha value is -3.58. The van der Waals surface area contributed by atoms with E-state index in [2.05, 4.69) is 18.2 Å². The standard InChI is InChI=1S/C25H22N2O2/c1-29-21-12-10-18(11-13-21)20-14-15-27(17-20)25(28)24-9-5-4-8-23(24)22-7-3-2-6-19(22)16-26/h2-13,20H,14-15,17H2,1H3. The summed E-state index contributed by atoms with van der Waals surface area (Å²) in [6, 6.07) is 25.3. The Kier molecular flexibility index (Phi) is 5.31. The zero-order valence-corrected chi connectivity index (χ0v) is 16.3. The van der Waals surface area contributed by atoms with Gasteiger partial charge in [0, 0.05) is 30.1 Å². The molecule has 144 valence electrons. The molecule has 0 radical (unpaired) electrons. The average molecular weight is 382 g/mol. The van der Waals surface area contributed by atoms with Crippen molar-refractivity contribution in [3.8, 4) is 22.9 Å². The van der Waals surface area contributed by atoms with Crippen LogP contribution in [0, 0.1) is 11.3 Å². The van der Waals surface area contributed by atoms with Crippen molar-refractivity contribution in [2.45, 2.75) is 12.3 Å². The second kappa shape index (κ2) is 8.20. The van der Waals surface area contributed by atoms with E-state index in [9.17, 15) is 10.1 Å². The van der Waals surface area contributed by atoms with E-state index in [0.717, 1.165) is 29.8 Å². The van der Waals surface area contributed by atoms with E-state index < -0.39 is 0 Å². The zero-order chi connectivity index (χ0) is 20.2. The van der Waals surface area contributed by atoms with Gasteiger partial charge in [0.2, 0.25) is 0 Å². The Morgan fingerprint density at radius 3 is 2.41 bits per heavy atom. The number of amides is 1. The third-order valence-corrected chi connectivity index (χ3v) is 5.56. The highest BCUT2D eigenvalue weighted by Gasteiger charge is 2.29. The number of likely N-dealkylation sites (tertiary alicyclic amines) is 1. The monoisotopic (exact) mass is 382 g/mol. The van der Waals surface area contributed by atoms with E-state index in [4.69, 9.17) is 4.74 Å². The third kappa shape index (κ3) is 3.72. The van der Waals surface area contributed by atoms with E-state index >= 15 is 0 Å². The van der Waals surface area contributed by atoms with Crippen LogP contribution in [0.5, 0.6) is 5.75 Å². The predicted octanol–water partition coefficient (Wildman–Crippen LogP) is 4.86. The minimum atomic E-state index is 0.0179. The molecule has 4 rings (SSSR count). The number of nitriles is 1. The molecule has 1 heterocycles. The van der Waals surface area contributed by atoms with Crippen LogP contribution in [0.25, 0.3) is 11.1 Å². The van der Waals surface area contributed by atoms with Gasteiger partial charge >= 0.3 is 0 Å². The van der Waals surface area contributed by atoms with Gasteiger partial charge in [-0.05, 0) is 41.8 Å². The molecular formula is C25H22N2O2. The Balaban J connectivity index is 1.59. The van der Waals surface area contributed by atoms with E-state index in [-0.39, 0.29) is 5.91 Å². The SMILES string of the molecule is COc1ccc(C2CCN(C(=O)c3ccccc3-c3ccccc3C#N)C2)cc1. The first-order valence-electron chi connectivity index (χ1n) is 9.73. The summed E-state index contributed by atoms with van der Waals surface area (Å²) < 4.78 is 5.24. The summed E-state index contributed by atoms with van der Waals surface area (Å²) in [4.78, 5) is 15.3. The van der Waals surface area contributed by atoms with E-state index in [1.807, 2.05) is 59.5 Å². The van der Waals surface area contributed by atoms with Gasteiger partial charge in [0.15, 0.2) is 0 Å². The van der Waals surface area contributed by atoms with Gasteiger partial charge in [0.25, 0.3) is 5.91 Å². The second-order valence-corrected chi connectivity index (χ2v) is 7.21. The molecular weight excluding hydrogens is 360 g/mol. The highest BCUT2D eigenvalue weighted by atomic mass is 16.5. The van der Waals surface area contributed by atoms with Crippen LogP contribution in [0.15, 0.2) is 72.8 Å². The summed E-state index contributed by atoms with van der Waals surface area (Å²) in [5.41, 5.74) is 4.05. The van der Waals surface area contributed by atoms with Crippen molar-refractivity contribution >= 4 is 5.91 Å². The summed E-state index contributed by atoms with van der Waals surface area (Å²) in [5, 5.41) is 9.46. The summed E-state index contributed by atoms with van der Waals surface area (Å²) >= 11 is 0. The van der Waals surface area contributed by atoms with Crippen molar-refractivity contribution in [3.63, 3.8) is 0 Å². The molecule has 3 aromatic carbocycles. The minimum absolute atomic E-state index is 0.0179. The minimum Gasteiger partial charge on any atom is -0.497 e. The summed E-state index contributed by atoms with van der Waals surface area (Å²) in [6.07, 6.45) is 0.940. The topological polar surface area (TPSA) is 53.3 Å². The van der Waals surface area contributed by atoms with Gasteiger partial charge in [-0.25, -0.2) is 0 Å². The maximum Gasteiger partial charge on any atom is 0.254 e. The fraction of sp³-hybridized carbons (Fsp3) is 0.200. The summed E-state index contributed by atoms with van der Waals surface area (Å²) in [6.45, 7) is 1.42. The van der Waals surface area contributed by atoms with Crippen LogP contribution in [-0.2, 0) is 0 Å². The Bertz CT molecular complexity index is 1070. The molecule has 1 amide bonds. The molecule has 1 saturated heterocycles. The molecule has 3 aromatic rings. The normalized spacial score (nSPS) is 15.7. The number of benzene rings is 3. The average Bonchev–Trinajstić information content (AvgIpc) is 3.29. The molecule has 0 N–H and O–H groups in total. The smallest absolute Gasteiger partial charge is 0.254 e. The Morgan fingerprint density at radius 1 is 1.00 bits per heavy atom. The molecule has 0 aliphatic carbocycles. The van der Waals surface area contributed by atoms with Gasteiger partial charge in [-0.1, -0.05) is 48.5 Å². The van der Waals surface area contributed by atoms with Crippen molar-refractivity contribution < 1.29 is 9.53 Å². The number of hydrogen-bond donors (Lipinski definition) is 0. The van der Waals surface area contributed by atoms with Crippen LogP contribution in [0.1, 0.15) is 33.8 Å². The fourth-order valence-electron chi connectivity index (χ4n) is 3.98.